The molecular formula is C14H23N. The Bertz CT molecular complexity index is 257. The van der Waals surface area contributed by atoms with E-state index in [1.54, 1.807) is 0 Å². The Labute approximate surface area is 94.1 Å². The van der Waals surface area contributed by atoms with E-state index in [1.807, 2.05) is 13.8 Å². The van der Waals surface area contributed by atoms with E-state index in [1.165, 1.54) is 37.1 Å². The SMILES string of the molecule is CC.Cc1ccc(CN2CCCC2)cc1. The van der Waals surface area contributed by atoms with Crippen molar-refractivity contribution in [2.75, 3.05) is 13.1 Å². The molecule has 1 heteroatoms. The maximum absolute atomic E-state index is 2.53. The molecule has 1 saturated heterocycles. The van der Waals surface area contributed by atoms with Crippen molar-refractivity contribution in [1.82, 2.24) is 4.90 Å². The average molecular weight is 205 g/mol. The molecule has 0 N–H and O–H groups in total. The molecule has 1 aliphatic heterocycles. The highest BCUT2D eigenvalue weighted by atomic mass is 15.1. The van der Waals surface area contributed by atoms with Crippen molar-refractivity contribution in [1.29, 1.82) is 0 Å². The van der Waals surface area contributed by atoms with E-state index in [0.717, 1.165) is 6.54 Å². The molecule has 1 fully saturated rings. The van der Waals surface area contributed by atoms with Crippen molar-refractivity contribution in [2.45, 2.75) is 40.2 Å². The van der Waals surface area contributed by atoms with Gasteiger partial charge in [0.15, 0.2) is 0 Å². The molecule has 0 radical (unpaired) electrons. The second kappa shape index (κ2) is 6.62. The van der Waals surface area contributed by atoms with E-state index >= 15 is 0 Å². The van der Waals surface area contributed by atoms with Crippen LogP contribution in [0.5, 0.6) is 0 Å². The van der Waals surface area contributed by atoms with Gasteiger partial charge >= 0.3 is 0 Å². The molecule has 0 atom stereocenters. The Balaban J connectivity index is 0.000000531. The Kier molecular flexibility index (Phi) is 5.41. The minimum Gasteiger partial charge on any atom is -0.299 e. The van der Waals surface area contributed by atoms with Gasteiger partial charge in [0, 0.05) is 6.54 Å². The van der Waals surface area contributed by atoms with Crippen LogP contribution < -0.4 is 0 Å². The quantitative estimate of drug-likeness (QED) is 0.713. The summed E-state index contributed by atoms with van der Waals surface area (Å²) in [5.74, 6) is 0. The minimum atomic E-state index is 1.14. The molecule has 1 heterocycles. The minimum absolute atomic E-state index is 1.14. The van der Waals surface area contributed by atoms with E-state index in [-0.39, 0.29) is 0 Å². The molecule has 0 amide bonds. The van der Waals surface area contributed by atoms with Crippen LogP contribution in [-0.4, -0.2) is 18.0 Å². The Morgan fingerprint density at radius 2 is 1.53 bits per heavy atom. The molecule has 0 aromatic heterocycles. The van der Waals surface area contributed by atoms with Crippen molar-refractivity contribution in [2.24, 2.45) is 0 Å². The number of benzene rings is 1. The van der Waals surface area contributed by atoms with Crippen LogP contribution in [-0.2, 0) is 6.54 Å². The molecule has 2 rings (SSSR count). The summed E-state index contributed by atoms with van der Waals surface area (Å²) in [6, 6.07) is 8.89. The van der Waals surface area contributed by atoms with Gasteiger partial charge in [0.2, 0.25) is 0 Å². The fourth-order valence-corrected chi connectivity index (χ4v) is 1.89. The van der Waals surface area contributed by atoms with Crippen LogP contribution in [0.1, 0.15) is 37.8 Å². The van der Waals surface area contributed by atoms with Gasteiger partial charge in [-0.3, -0.25) is 4.90 Å². The van der Waals surface area contributed by atoms with E-state index in [2.05, 4.69) is 36.1 Å². The number of rotatable bonds is 2. The summed E-state index contributed by atoms with van der Waals surface area (Å²) in [5.41, 5.74) is 2.80. The first-order chi connectivity index (χ1) is 7.34. The van der Waals surface area contributed by atoms with E-state index in [0.29, 0.717) is 0 Å². The maximum atomic E-state index is 2.53. The lowest BCUT2D eigenvalue weighted by atomic mass is 10.1. The average Bonchev–Trinajstić information content (AvgIpc) is 2.77. The van der Waals surface area contributed by atoms with Crippen LogP contribution in [0.3, 0.4) is 0 Å². The summed E-state index contributed by atoms with van der Waals surface area (Å²) in [6.45, 7) is 9.85. The molecule has 1 aromatic carbocycles. The second-order valence-electron chi connectivity index (χ2n) is 3.97. The molecular weight excluding hydrogens is 182 g/mol. The number of hydrogen-bond donors (Lipinski definition) is 0. The van der Waals surface area contributed by atoms with Gasteiger partial charge in [-0.05, 0) is 38.4 Å². The van der Waals surface area contributed by atoms with Gasteiger partial charge in [0.05, 0.1) is 0 Å². The van der Waals surface area contributed by atoms with Crippen LogP contribution in [0.25, 0.3) is 0 Å². The monoisotopic (exact) mass is 205 g/mol. The standard InChI is InChI=1S/C12H17N.C2H6/c1-11-4-6-12(7-5-11)10-13-8-2-3-9-13;1-2/h4-7H,2-3,8-10H2,1H3;1-2H3. The number of nitrogens with zero attached hydrogens (tertiary/aromatic N) is 1. The lowest BCUT2D eigenvalue weighted by Gasteiger charge is -2.14. The zero-order chi connectivity index (χ0) is 11.1. The predicted octanol–water partition coefficient (Wildman–Crippen LogP) is 3.62. The van der Waals surface area contributed by atoms with Gasteiger partial charge in [-0.1, -0.05) is 43.7 Å². The smallest absolute Gasteiger partial charge is 0.0233 e. The number of likely N-dealkylation sites (tertiary alicyclic amines) is 1. The predicted molar refractivity (Wildman–Crippen MR) is 67.0 cm³/mol. The van der Waals surface area contributed by atoms with Crippen LogP contribution in [0.2, 0.25) is 0 Å². The fraction of sp³-hybridized carbons (Fsp3) is 0.571. The van der Waals surface area contributed by atoms with Gasteiger partial charge in [-0.2, -0.15) is 0 Å². The zero-order valence-electron chi connectivity index (χ0n) is 10.3. The first-order valence-corrected chi connectivity index (χ1v) is 6.12. The molecule has 84 valence electrons. The van der Waals surface area contributed by atoms with Crippen molar-refractivity contribution >= 4 is 0 Å². The Morgan fingerprint density at radius 3 is 2.07 bits per heavy atom. The molecule has 1 aliphatic rings. The number of aryl methyl sites for hydroxylation is 1. The first kappa shape index (κ1) is 12.3. The van der Waals surface area contributed by atoms with Crippen molar-refractivity contribution < 1.29 is 0 Å². The summed E-state index contributed by atoms with van der Waals surface area (Å²) < 4.78 is 0. The molecule has 1 aromatic rings. The third-order valence-corrected chi connectivity index (χ3v) is 2.73. The van der Waals surface area contributed by atoms with Gasteiger partial charge in [0.25, 0.3) is 0 Å². The van der Waals surface area contributed by atoms with Crippen molar-refractivity contribution in [3.63, 3.8) is 0 Å². The van der Waals surface area contributed by atoms with Crippen LogP contribution in [0, 0.1) is 6.92 Å². The van der Waals surface area contributed by atoms with Crippen LogP contribution in [0.4, 0.5) is 0 Å². The first-order valence-electron chi connectivity index (χ1n) is 6.12. The van der Waals surface area contributed by atoms with Gasteiger partial charge in [0.1, 0.15) is 0 Å². The number of hydrogen-bond acceptors (Lipinski definition) is 1. The second-order valence-corrected chi connectivity index (χ2v) is 3.97. The lowest BCUT2D eigenvalue weighted by molar-refractivity contribution is 0.331. The summed E-state index contributed by atoms with van der Waals surface area (Å²) in [4.78, 5) is 2.53. The van der Waals surface area contributed by atoms with Gasteiger partial charge < -0.3 is 0 Å². The molecule has 0 spiro atoms. The lowest BCUT2D eigenvalue weighted by Crippen LogP contribution is -2.18. The summed E-state index contributed by atoms with van der Waals surface area (Å²) >= 11 is 0. The topological polar surface area (TPSA) is 3.24 Å². The molecule has 0 saturated carbocycles. The van der Waals surface area contributed by atoms with E-state index in [4.69, 9.17) is 0 Å². The van der Waals surface area contributed by atoms with Crippen LogP contribution in [0.15, 0.2) is 24.3 Å². The molecule has 15 heavy (non-hydrogen) atoms. The Morgan fingerprint density at radius 1 is 1.00 bits per heavy atom. The summed E-state index contributed by atoms with van der Waals surface area (Å²) in [7, 11) is 0. The largest absolute Gasteiger partial charge is 0.299 e. The van der Waals surface area contributed by atoms with Crippen molar-refractivity contribution in [3.05, 3.63) is 35.4 Å². The Hall–Kier alpha value is -0.820. The van der Waals surface area contributed by atoms with Crippen molar-refractivity contribution in [3.8, 4) is 0 Å². The fourth-order valence-electron chi connectivity index (χ4n) is 1.89. The highest BCUT2D eigenvalue weighted by Crippen LogP contribution is 2.12. The third kappa shape index (κ3) is 4.05. The van der Waals surface area contributed by atoms with Gasteiger partial charge in [-0.25, -0.2) is 0 Å². The molecule has 0 aliphatic carbocycles. The molecule has 0 bridgehead atoms. The van der Waals surface area contributed by atoms with E-state index in [9.17, 15) is 0 Å². The van der Waals surface area contributed by atoms with E-state index < -0.39 is 0 Å². The van der Waals surface area contributed by atoms with Gasteiger partial charge in [-0.15, -0.1) is 0 Å². The maximum Gasteiger partial charge on any atom is 0.0233 e. The molecule has 0 unspecified atom stereocenters. The normalized spacial score (nSPS) is 15.9. The highest BCUT2D eigenvalue weighted by Gasteiger charge is 2.10. The third-order valence-electron chi connectivity index (χ3n) is 2.73. The summed E-state index contributed by atoms with van der Waals surface area (Å²) in [6.07, 6.45) is 2.76. The zero-order valence-corrected chi connectivity index (χ0v) is 10.3. The van der Waals surface area contributed by atoms with Crippen LogP contribution >= 0.6 is 0 Å². The molecule has 1 nitrogen and oxygen atoms in total. The summed E-state index contributed by atoms with van der Waals surface area (Å²) in [5, 5.41) is 0. The highest BCUT2D eigenvalue weighted by molar-refractivity contribution is 5.21.